The number of aliphatic carboxylic acids is 1. The van der Waals surface area contributed by atoms with Crippen molar-refractivity contribution in [1.82, 2.24) is 20.2 Å². The first kappa shape index (κ1) is 33.9. The van der Waals surface area contributed by atoms with E-state index in [-0.39, 0.29) is 17.2 Å². The van der Waals surface area contributed by atoms with E-state index in [1.165, 1.54) is 20.2 Å². The average Bonchev–Trinajstić information content (AvgIpc) is 3.08. The van der Waals surface area contributed by atoms with Crippen LogP contribution in [-0.2, 0) is 11.0 Å². The second kappa shape index (κ2) is 12.9. The van der Waals surface area contributed by atoms with Crippen molar-refractivity contribution in [2.45, 2.75) is 51.2 Å². The second-order valence-electron chi connectivity index (χ2n) is 14.2. The quantitative estimate of drug-likeness (QED) is 0.210. The number of amides is 1. The highest BCUT2D eigenvalue weighted by molar-refractivity contribution is 6.00. The van der Waals surface area contributed by atoms with E-state index in [0.29, 0.717) is 47.0 Å². The smallest absolute Gasteiger partial charge is 0.421 e. The molecule has 2 aromatic carbocycles. The first-order valence-corrected chi connectivity index (χ1v) is 17.1. The molecule has 1 amide bonds. The molecule has 5 fully saturated rings. The molecular weight excluding hydrogens is 651 g/mol. The maximum Gasteiger partial charge on any atom is 0.421 e. The molecule has 4 bridgehead atoms. The number of methoxy groups -OCH3 is 1. The number of carboxylic acids is 1. The van der Waals surface area contributed by atoms with E-state index in [9.17, 15) is 27.9 Å². The molecule has 5 aliphatic rings. The molecule has 4 aliphatic carbocycles. The zero-order valence-electron chi connectivity index (χ0n) is 28.3. The number of nitrogens with one attached hydrogen (secondary N) is 3. The van der Waals surface area contributed by atoms with Crippen LogP contribution in [0.1, 0.15) is 53.6 Å². The molecule has 2 unspecified atom stereocenters. The Kier molecular flexibility index (Phi) is 8.77. The number of carbonyl (C=O) groups excluding carboxylic acids is 1. The van der Waals surface area contributed by atoms with Crippen molar-refractivity contribution < 1.29 is 32.6 Å². The van der Waals surface area contributed by atoms with Crippen molar-refractivity contribution in [3.63, 3.8) is 0 Å². The molecule has 266 valence electrons. The third kappa shape index (κ3) is 6.18. The first-order chi connectivity index (χ1) is 23.9. The van der Waals surface area contributed by atoms with E-state index in [2.05, 4.69) is 35.7 Å². The van der Waals surface area contributed by atoms with Crippen LogP contribution in [0.5, 0.6) is 5.75 Å². The van der Waals surface area contributed by atoms with Gasteiger partial charge in [0.05, 0.1) is 29.5 Å². The summed E-state index contributed by atoms with van der Waals surface area (Å²) < 4.78 is 47.9. The molecule has 0 radical (unpaired) electrons. The van der Waals surface area contributed by atoms with Gasteiger partial charge in [-0.1, -0.05) is 12.1 Å². The van der Waals surface area contributed by atoms with Crippen LogP contribution < -0.4 is 25.6 Å². The Labute approximate surface area is 288 Å². The van der Waals surface area contributed by atoms with Gasteiger partial charge in [-0.25, -0.2) is 4.98 Å². The molecule has 2 atom stereocenters. The summed E-state index contributed by atoms with van der Waals surface area (Å²) >= 11 is 0. The Morgan fingerprint density at radius 3 is 2.38 bits per heavy atom. The lowest BCUT2D eigenvalue weighted by atomic mass is 9.47. The summed E-state index contributed by atoms with van der Waals surface area (Å²) in [6.07, 6.45) is 0.692. The topological polar surface area (TPSA) is 132 Å². The van der Waals surface area contributed by atoms with Gasteiger partial charge in [0.25, 0.3) is 5.91 Å². The van der Waals surface area contributed by atoms with Gasteiger partial charge in [0.1, 0.15) is 17.1 Å². The van der Waals surface area contributed by atoms with Gasteiger partial charge in [-0.3, -0.25) is 14.5 Å². The van der Waals surface area contributed by atoms with Crippen LogP contribution in [0, 0.1) is 30.1 Å². The number of halogens is 3. The highest BCUT2D eigenvalue weighted by Crippen LogP contribution is 2.61. The predicted octanol–water partition coefficient (Wildman–Crippen LogP) is 6.06. The van der Waals surface area contributed by atoms with Gasteiger partial charge in [0, 0.05) is 57.2 Å². The molecule has 4 saturated carbocycles. The fourth-order valence-electron chi connectivity index (χ4n) is 9.26. The van der Waals surface area contributed by atoms with E-state index in [0.717, 1.165) is 64.0 Å². The summed E-state index contributed by atoms with van der Waals surface area (Å²) in [5.74, 6) is 0.280. The summed E-state index contributed by atoms with van der Waals surface area (Å²) in [5.41, 5.74) is 0.790. The molecule has 4 N–H and O–H groups in total. The SMILES string of the molecule is CNC(=O)c1cccc(C)c1Nc1nc(Nc2ccc(N3CCN([C@H]4C5CC6CC4C[C@@](C(=O)O)(C6)C5)CC3)cc2OC)ncc1C(F)(F)F. The molecule has 8 rings (SSSR count). The Balaban J connectivity index is 1.06. The Bertz CT molecular complexity index is 1780. The fourth-order valence-corrected chi connectivity index (χ4v) is 9.26. The zero-order chi connectivity index (χ0) is 35.4. The van der Waals surface area contributed by atoms with Crippen molar-refractivity contribution in [1.29, 1.82) is 0 Å². The summed E-state index contributed by atoms with van der Waals surface area (Å²) in [7, 11) is 2.97. The molecule has 50 heavy (non-hydrogen) atoms. The number of anilines is 5. The van der Waals surface area contributed by atoms with Gasteiger partial charge in [-0.15, -0.1) is 0 Å². The molecule has 1 aromatic heterocycles. The molecule has 14 heteroatoms. The fraction of sp³-hybridized carbons (Fsp3) is 0.500. The third-order valence-corrected chi connectivity index (χ3v) is 11.3. The Morgan fingerprint density at radius 2 is 1.74 bits per heavy atom. The number of para-hydroxylation sites is 1. The van der Waals surface area contributed by atoms with E-state index in [4.69, 9.17) is 4.74 Å². The number of nitrogens with zero attached hydrogens (tertiary/aromatic N) is 4. The van der Waals surface area contributed by atoms with Gasteiger partial charge in [-0.2, -0.15) is 18.2 Å². The minimum Gasteiger partial charge on any atom is -0.494 e. The van der Waals surface area contributed by atoms with Crippen LogP contribution in [-0.4, -0.2) is 78.2 Å². The van der Waals surface area contributed by atoms with Crippen LogP contribution in [0.15, 0.2) is 42.6 Å². The largest absolute Gasteiger partial charge is 0.494 e. The highest BCUT2D eigenvalue weighted by Gasteiger charge is 2.59. The summed E-state index contributed by atoms with van der Waals surface area (Å²) in [4.78, 5) is 37.7. The van der Waals surface area contributed by atoms with Crippen LogP contribution >= 0.6 is 0 Å². The lowest BCUT2D eigenvalue weighted by molar-refractivity contribution is -0.173. The molecule has 1 saturated heterocycles. The van der Waals surface area contributed by atoms with Gasteiger partial charge >= 0.3 is 12.1 Å². The molecule has 0 spiro atoms. The number of aromatic nitrogens is 2. The number of alkyl halides is 3. The second-order valence-corrected chi connectivity index (χ2v) is 14.2. The molecular formula is C36H42F3N7O4. The van der Waals surface area contributed by atoms with Crippen LogP contribution in [0.4, 0.5) is 42.0 Å². The van der Waals surface area contributed by atoms with E-state index in [1.54, 1.807) is 25.1 Å². The Morgan fingerprint density at radius 1 is 1.02 bits per heavy atom. The predicted molar refractivity (Wildman–Crippen MR) is 182 cm³/mol. The lowest BCUT2D eigenvalue weighted by Gasteiger charge is -2.61. The molecule has 3 aromatic rings. The normalized spacial score (nSPS) is 26.1. The van der Waals surface area contributed by atoms with Crippen molar-refractivity contribution >= 4 is 40.7 Å². The number of benzene rings is 2. The van der Waals surface area contributed by atoms with Crippen molar-refractivity contribution in [3.8, 4) is 5.75 Å². The van der Waals surface area contributed by atoms with Crippen LogP contribution in [0.2, 0.25) is 0 Å². The van der Waals surface area contributed by atoms with E-state index < -0.39 is 34.8 Å². The number of hydrogen-bond donors (Lipinski definition) is 4. The number of rotatable bonds is 9. The van der Waals surface area contributed by atoms with Crippen molar-refractivity contribution in [2.75, 3.05) is 55.9 Å². The van der Waals surface area contributed by atoms with Gasteiger partial charge in [0.15, 0.2) is 0 Å². The average molecular weight is 694 g/mol. The van der Waals surface area contributed by atoms with Crippen molar-refractivity contribution in [2.24, 2.45) is 23.2 Å². The van der Waals surface area contributed by atoms with E-state index in [1.807, 2.05) is 12.1 Å². The standard InChI is InChI=1S/C36H42F3N7O4/c1-20-5-4-6-25(32(47)40-2)29(20)43-31-26(36(37,38)39)19-41-34(44-31)42-27-8-7-24(15-28(27)50-3)45-9-11-46(12-10-45)30-22-13-21-14-23(30)18-35(16-21,17-22)33(48)49/h4-8,15,19,21-23,30H,9-14,16-18H2,1-3H3,(H,40,47)(H,48,49)(H2,41,42,43,44)/t21?,22?,23?,30-,35+. The Hall–Kier alpha value is -4.59. The summed E-state index contributed by atoms with van der Waals surface area (Å²) in [5, 5.41) is 18.3. The molecule has 11 nitrogen and oxygen atoms in total. The summed E-state index contributed by atoms with van der Waals surface area (Å²) in [6.45, 7) is 5.10. The molecule has 1 aliphatic heterocycles. The van der Waals surface area contributed by atoms with Gasteiger partial charge in [-0.05, 0) is 80.5 Å². The molecule has 2 heterocycles. The summed E-state index contributed by atoms with van der Waals surface area (Å²) in [6, 6.07) is 10.9. The first-order valence-electron chi connectivity index (χ1n) is 17.1. The van der Waals surface area contributed by atoms with Crippen molar-refractivity contribution in [3.05, 3.63) is 59.3 Å². The third-order valence-electron chi connectivity index (χ3n) is 11.3. The number of carbonyl (C=O) groups is 2. The lowest BCUT2D eigenvalue weighted by Crippen LogP contribution is -2.63. The maximum absolute atomic E-state index is 14.1. The number of aryl methyl sites for hydroxylation is 1. The number of carboxylic acid groups (broad SMARTS) is 1. The van der Waals surface area contributed by atoms with Gasteiger partial charge in [0.2, 0.25) is 5.95 Å². The number of hydrogen-bond acceptors (Lipinski definition) is 9. The van der Waals surface area contributed by atoms with E-state index >= 15 is 0 Å². The van der Waals surface area contributed by atoms with Crippen LogP contribution in [0.3, 0.4) is 0 Å². The number of ether oxygens (including phenoxy) is 1. The monoisotopic (exact) mass is 693 g/mol. The van der Waals surface area contributed by atoms with Gasteiger partial charge < -0.3 is 30.7 Å². The zero-order valence-corrected chi connectivity index (χ0v) is 28.3. The maximum atomic E-state index is 14.1. The minimum atomic E-state index is -4.75. The number of piperazine rings is 1. The minimum absolute atomic E-state index is 0.0874. The highest BCUT2D eigenvalue weighted by atomic mass is 19.4. The van der Waals surface area contributed by atoms with Crippen LogP contribution in [0.25, 0.3) is 0 Å².